The number of nitrogens with one attached hydrogen (secondary N) is 3. The standard InChI is InChI=1S/C22H38N6O3S/c29-20(27-7-2-1-3-8-27)5-4-18-15-24-21(30)19-14-17(16-28(18)19)25-22(32)23-6-9-26-10-12-31-13-11-26/h17-19H,1-16H2,(H,24,30)(H2,23,25,32). The maximum Gasteiger partial charge on any atom is 0.237 e. The van der Waals surface area contributed by atoms with Crippen molar-refractivity contribution in [3.05, 3.63) is 0 Å². The lowest BCUT2D eigenvalue weighted by Gasteiger charge is -2.37. The first-order valence-electron chi connectivity index (χ1n) is 12.3. The van der Waals surface area contributed by atoms with Crippen molar-refractivity contribution in [2.24, 2.45) is 0 Å². The molecule has 0 aromatic carbocycles. The van der Waals surface area contributed by atoms with E-state index in [4.69, 9.17) is 17.0 Å². The van der Waals surface area contributed by atoms with Gasteiger partial charge in [-0.25, -0.2) is 0 Å². The van der Waals surface area contributed by atoms with Crippen LogP contribution in [0.3, 0.4) is 0 Å². The van der Waals surface area contributed by atoms with Crippen LogP contribution in [-0.4, -0.2) is 115 Å². The Morgan fingerprint density at radius 2 is 1.94 bits per heavy atom. The lowest BCUT2D eigenvalue weighted by atomic mass is 10.0. The summed E-state index contributed by atoms with van der Waals surface area (Å²) in [6.07, 6.45) is 5.56. The number of fused-ring (bicyclic) bond motifs is 1. The van der Waals surface area contributed by atoms with Crippen molar-refractivity contribution in [2.75, 3.05) is 65.6 Å². The number of hydrogen-bond acceptors (Lipinski definition) is 6. The van der Waals surface area contributed by atoms with Crippen LogP contribution in [0.4, 0.5) is 0 Å². The van der Waals surface area contributed by atoms with Gasteiger partial charge < -0.3 is 25.6 Å². The predicted octanol–water partition coefficient (Wildman–Crippen LogP) is -0.483. The van der Waals surface area contributed by atoms with Crippen molar-refractivity contribution in [3.8, 4) is 0 Å². The maximum absolute atomic E-state index is 12.6. The van der Waals surface area contributed by atoms with E-state index in [1.54, 1.807) is 0 Å². The average Bonchev–Trinajstić information content (AvgIpc) is 3.24. The second kappa shape index (κ2) is 11.6. The summed E-state index contributed by atoms with van der Waals surface area (Å²) >= 11 is 5.50. The van der Waals surface area contributed by atoms with E-state index in [1.807, 2.05) is 4.90 Å². The SMILES string of the molecule is O=C1NCC(CCC(=O)N2CCCCC2)N2CC(NC(=S)NCCN3CCOCC3)CC12. The minimum atomic E-state index is -0.132. The number of carbonyl (C=O) groups excluding carboxylic acids is 2. The predicted molar refractivity (Wildman–Crippen MR) is 126 cm³/mol. The first-order valence-corrected chi connectivity index (χ1v) is 12.7. The molecule has 10 heteroatoms. The average molecular weight is 467 g/mol. The highest BCUT2D eigenvalue weighted by molar-refractivity contribution is 7.80. The number of carbonyl (C=O) groups is 2. The zero-order valence-electron chi connectivity index (χ0n) is 19.0. The Morgan fingerprint density at radius 3 is 2.72 bits per heavy atom. The number of ether oxygens (including phenoxy) is 1. The van der Waals surface area contributed by atoms with Gasteiger partial charge in [-0.15, -0.1) is 0 Å². The molecule has 4 fully saturated rings. The fourth-order valence-corrected chi connectivity index (χ4v) is 5.60. The largest absolute Gasteiger partial charge is 0.379 e. The maximum atomic E-state index is 12.6. The van der Waals surface area contributed by atoms with Crippen molar-refractivity contribution in [2.45, 2.75) is 56.7 Å². The van der Waals surface area contributed by atoms with E-state index in [0.717, 1.165) is 84.7 Å². The van der Waals surface area contributed by atoms with Gasteiger partial charge in [-0.2, -0.15) is 0 Å². The minimum Gasteiger partial charge on any atom is -0.379 e. The first kappa shape index (κ1) is 23.7. The highest BCUT2D eigenvalue weighted by atomic mass is 32.1. The summed E-state index contributed by atoms with van der Waals surface area (Å²) in [5.74, 6) is 0.358. The molecule has 0 saturated carbocycles. The monoisotopic (exact) mass is 466 g/mol. The Hall–Kier alpha value is -1.49. The quantitative estimate of drug-likeness (QED) is 0.434. The number of piperidine rings is 1. The van der Waals surface area contributed by atoms with E-state index in [9.17, 15) is 9.59 Å². The molecule has 32 heavy (non-hydrogen) atoms. The van der Waals surface area contributed by atoms with E-state index < -0.39 is 0 Å². The van der Waals surface area contributed by atoms with Crippen molar-refractivity contribution >= 4 is 29.1 Å². The van der Waals surface area contributed by atoms with Gasteiger partial charge in [-0.1, -0.05) is 0 Å². The Bertz CT molecular complexity index is 668. The lowest BCUT2D eigenvalue weighted by Crippen LogP contribution is -2.58. The number of thiocarbonyl (C=S) groups is 1. The molecule has 0 aliphatic carbocycles. The van der Waals surface area contributed by atoms with Crippen molar-refractivity contribution < 1.29 is 14.3 Å². The molecule has 0 spiro atoms. The molecule has 4 saturated heterocycles. The van der Waals surface area contributed by atoms with Gasteiger partial charge in [-0.05, 0) is 44.3 Å². The molecule has 4 aliphatic heterocycles. The third-order valence-electron chi connectivity index (χ3n) is 7.18. The molecule has 2 amide bonds. The van der Waals surface area contributed by atoms with Crippen LogP contribution < -0.4 is 16.0 Å². The molecule has 0 bridgehead atoms. The number of amides is 2. The van der Waals surface area contributed by atoms with Gasteiger partial charge in [0.2, 0.25) is 11.8 Å². The fraction of sp³-hybridized carbons (Fsp3) is 0.864. The van der Waals surface area contributed by atoms with Crippen LogP contribution in [-0.2, 0) is 14.3 Å². The molecule has 0 aromatic rings. The Balaban J connectivity index is 1.20. The van der Waals surface area contributed by atoms with Gasteiger partial charge >= 0.3 is 0 Å². The fourth-order valence-electron chi connectivity index (χ4n) is 5.33. The first-order chi connectivity index (χ1) is 15.6. The topological polar surface area (TPSA) is 89.2 Å². The third kappa shape index (κ3) is 6.30. The zero-order valence-corrected chi connectivity index (χ0v) is 19.8. The Morgan fingerprint density at radius 1 is 1.16 bits per heavy atom. The molecule has 3 unspecified atom stereocenters. The van der Waals surface area contributed by atoms with Crippen LogP contribution in [0.5, 0.6) is 0 Å². The number of piperazine rings is 1. The van der Waals surface area contributed by atoms with E-state index in [-0.39, 0.29) is 29.9 Å². The van der Waals surface area contributed by atoms with Gasteiger partial charge in [-0.3, -0.25) is 19.4 Å². The van der Waals surface area contributed by atoms with Gasteiger partial charge in [0.05, 0.1) is 19.3 Å². The highest BCUT2D eigenvalue weighted by Gasteiger charge is 2.43. The molecule has 3 N–H and O–H groups in total. The molecule has 0 radical (unpaired) electrons. The molecule has 9 nitrogen and oxygen atoms in total. The molecule has 4 heterocycles. The summed E-state index contributed by atoms with van der Waals surface area (Å²) in [5.41, 5.74) is 0. The van der Waals surface area contributed by atoms with Crippen LogP contribution >= 0.6 is 12.2 Å². The van der Waals surface area contributed by atoms with Gasteiger partial charge in [0.15, 0.2) is 5.11 Å². The summed E-state index contributed by atoms with van der Waals surface area (Å²) in [4.78, 5) is 31.7. The molecule has 4 rings (SSSR count). The molecular formula is C22H38N6O3S. The van der Waals surface area contributed by atoms with Crippen molar-refractivity contribution in [3.63, 3.8) is 0 Å². The van der Waals surface area contributed by atoms with Crippen LogP contribution in [0.15, 0.2) is 0 Å². The summed E-state index contributed by atoms with van der Waals surface area (Å²) in [5, 5.41) is 10.4. The smallest absolute Gasteiger partial charge is 0.237 e. The van der Waals surface area contributed by atoms with E-state index in [0.29, 0.717) is 18.1 Å². The molecule has 0 aromatic heterocycles. The van der Waals surface area contributed by atoms with Crippen LogP contribution in [0, 0.1) is 0 Å². The normalized spacial score (nSPS) is 29.3. The summed E-state index contributed by atoms with van der Waals surface area (Å²) in [6, 6.07) is 0.223. The van der Waals surface area contributed by atoms with Gasteiger partial charge in [0.1, 0.15) is 0 Å². The van der Waals surface area contributed by atoms with Crippen LogP contribution in [0.2, 0.25) is 0 Å². The number of morpholine rings is 1. The molecular weight excluding hydrogens is 428 g/mol. The Labute approximate surface area is 196 Å². The second-order valence-electron chi connectivity index (χ2n) is 9.38. The second-order valence-corrected chi connectivity index (χ2v) is 9.79. The summed E-state index contributed by atoms with van der Waals surface area (Å²) < 4.78 is 5.38. The lowest BCUT2D eigenvalue weighted by molar-refractivity contribution is -0.133. The number of nitrogens with zero attached hydrogens (tertiary/aromatic N) is 3. The van der Waals surface area contributed by atoms with E-state index in [1.165, 1.54) is 6.42 Å². The number of rotatable bonds is 7. The highest BCUT2D eigenvalue weighted by Crippen LogP contribution is 2.26. The molecule has 4 aliphatic rings. The van der Waals surface area contributed by atoms with Crippen molar-refractivity contribution in [1.29, 1.82) is 0 Å². The number of likely N-dealkylation sites (tertiary alicyclic amines) is 1. The minimum absolute atomic E-state index is 0.0964. The van der Waals surface area contributed by atoms with Gasteiger partial charge in [0.25, 0.3) is 0 Å². The number of hydrogen-bond donors (Lipinski definition) is 3. The molecule has 3 atom stereocenters. The molecule has 180 valence electrons. The zero-order chi connectivity index (χ0) is 22.3. The van der Waals surface area contributed by atoms with Crippen molar-refractivity contribution in [1.82, 2.24) is 30.7 Å². The van der Waals surface area contributed by atoms with E-state index >= 15 is 0 Å². The van der Waals surface area contributed by atoms with E-state index in [2.05, 4.69) is 25.8 Å². The van der Waals surface area contributed by atoms with Crippen LogP contribution in [0.25, 0.3) is 0 Å². The van der Waals surface area contributed by atoms with Crippen LogP contribution in [0.1, 0.15) is 38.5 Å². The van der Waals surface area contributed by atoms with Gasteiger partial charge in [0, 0.05) is 70.9 Å². The Kier molecular flexibility index (Phi) is 8.56. The summed E-state index contributed by atoms with van der Waals surface area (Å²) in [7, 11) is 0. The third-order valence-corrected chi connectivity index (χ3v) is 7.44. The summed E-state index contributed by atoms with van der Waals surface area (Å²) in [6.45, 7) is 8.49.